The molecule has 0 N–H and O–H groups in total. The summed E-state index contributed by atoms with van der Waals surface area (Å²) in [6.07, 6.45) is 2.72. The lowest BCUT2D eigenvalue weighted by Gasteiger charge is -2.01. The maximum atomic E-state index is 11.5. The number of unbranched alkanes of at least 4 members (excludes halogenated alkanes) is 1. The number of rotatable bonds is 7. The largest absolute Gasteiger partial charge is 0.381 e. The lowest BCUT2D eigenvalue weighted by molar-refractivity contribution is 0.0877. The second kappa shape index (κ2) is 6.74. The molecule has 0 radical (unpaired) electrons. The Balaban J connectivity index is 2.10. The van der Waals surface area contributed by atoms with Crippen molar-refractivity contribution >= 4 is 17.1 Å². The van der Waals surface area contributed by atoms with Crippen LogP contribution < -0.4 is 0 Å². The Hall–Kier alpha value is -0.670. The second-order valence-corrected chi connectivity index (χ2v) is 4.06. The molecule has 14 heavy (non-hydrogen) atoms. The van der Waals surface area contributed by atoms with Crippen LogP contribution in [0.25, 0.3) is 0 Å². The van der Waals surface area contributed by atoms with Crippen molar-refractivity contribution in [2.75, 3.05) is 13.2 Å². The van der Waals surface area contributed by atoms with E-state index in [0.29, 0.717) is 13.0 Å². The lowest BCUT2D eigenvalue weighted by atomic mass is 10.2. The number of hydrogen-bond donors (Lipinski definition) is 0. The first kappa shape index (κ1) is 11.4. The molecule has 1 aromatic rings. The van der Waals surface area contributed by atoms with E-state index in [-0.39, 0.29) is 5.78 Å². The first-order chi connectivity index (χ1) is 6.84. The zero-order chi connectivity index (χ0) is 10.2. The van der Waals surface area contributed by atoms with Crippen LogP contribution in [-0.4, -0.2) is 19.0 Å². The van der Waals surface area contributed by atoms with Gasteiger partial charge in [0.05, 0.1) is 11.5 Å². The van der Waals surface area contributed by atoms with Crippen LogP contribution >= 0.6 is 11.3 Å². The summed E-state index contributed by atoms with van der Waals surface area (Å²) in [5, 5.41) is 1.92. The van der Waals surface area contributed by atoms with Crippen LogP contribution in [0.5, 0.6) is 0 Å². The van der Waals surface area contributed by atoms with E-state index in [1.165, 1.54) is 11.3 Å². The molecule has 1 heterocycles. The molecule has 0 aliphatic carbocycles. The summed E-state index contributed by atoms with van der Waals surface area (Å²) < 4.78 is 5.33. The standard InChI is InChI=1S/C11H16O2S/c1-2-3-7-13-8-6-10(12)11-5-4-9-14-11/h4-5,9H,2-3,6-8H2,1H3. The highest BCUT2D eigenvalue weighted by molar-refractivity contribution is 7.12. The minimum Gasteiger partial charge on any atom is -0.381 e. The first-order valence-corrected chi connectivity index (χ1v) is 5.87. The van der Waals surface area contributed by atoms with Gasteiger partial charge in [0.25, 0.3) is 0 Å². The third-order valence-electron chi connectivity index (χ3n) is 1.91. The normalized spacial score (nSPS) is 10.4. The maximum absolute atomic E-state index is 11.5. The van der Waals surface area contributed by atoms with Gasteiger partial charge in [0, 0.05) is 13.0 Å². The van der Waals surface area contributed by atoms with E-state index >= 15 is 0 Å². The van der Waals surface area contributed by atoms with Crippen LogP contribution in [0, 0.1) is 0 Å². The molecule has 0 aliphatic heterocycles. The zero-order valence-electron chi connectivity index (χ0n) is 8.49. The van der Waals surface area contributed by atoms with Crippen LogP contribution in [0.2, 0.25) is 0 Å². The molecule has 0 fully saturated rings. The van der Waals surface area contributed by atoms with Crippen LogP contribution in [0.4, 0.5) is 0 Å². The van der Waals surface area contributed by atoms with Gasteiger partial charge < -0.3 is 4.74 Å². The molecule has 2 nitrogen and oxygen atoms in total. The number of ketones is 1. The summed E-state index contributed by atoms with van der Waals surface area (Å²) in [6, 6.07) is 3.76. The summed E-state index contributed by atoms with van der Waals surface area (Å²) in [7, 11) is 0. The predicted molar refractivity (Wildman–Crippen MR) is 59.0 cm³/mol. The molecule has 1 rings (SSSR count). The van der Waals surface area contributed by atoms with Crippen LogP contribution in [-0.2, 0) is 4.74 Å². The first-order valence-electron chi connectivity index (χ1n) is 4.99. The summed E-state index contributed by atoms with van der Waals surface area (Å²) in [5.74, 6) is 0.191. The molecule has 0 saturated carbocycles. The Labute approximate surface area is 88.9 Å². The Morgan fingerprint density at radius 3 is 3.00 bits per heavy atom. The molecule has 0 atom stereocenters. The molecule has 0 aliphatic rings. The molecule has 0 unspecified atom stereocenters. The van der Waals surface area contributed by atoms with Gasteiger partial charge in [-0.15, -0.1) is 11.3 Å². The third-order valence-corrected chi connectivity index (χ3v) is 2.82. The van der Waals surface area contributed by atoms with Crippen molar-refractivity contribution in [3.05, 3.63) is 22.4 Å². The summed E-state index contributed by atoms with van der Waals surface area (Å²) in [5.41, 5.74) is 0. The molecule has 1 aromatic heterocycles. The van der Waals surface area contributed by atoms with Gasteiger partial charge >= 0.3 is 0 Å². The molecular weight excluding hydrogens is 196 g/mol. The Bertz CT molecular complexity index is 254. The topological polar surface area (TPSA) is 26.3 Å². The van der Waals surface area contributed by atoms with Crippen molar-refractivity contribution in [1.29, 1.82) is 0 Å². The number of ether oxygens (including phenoxy) is 1. The summed E-state index contributed by atoms with van der Waals surface area (Å²) >= 11 is 1.49. The number of thiophene rings is 1. The molecule has 0 aromatic carbocycles. The van der Waals surface area contributed by atoms with Crippen LogP contribution in [0.3, 0.4) is 0 Å². The lowest BCUT2D eigenvalue weighted by Crippen LogP contribution is -2.03. The van der Waals surface area contributed by atoms with E-state index in [1.807, 2.05) is 17.5 Å². The van der Waals surface area contributed by atoms with E-state index in [0.717, 1.165) is 24.3 Å². The number of Topliss-reactive ketones (excluding diaryl/α,β-unsaturated/α-hetero) is 1. The molecule has 0 bridgehead atoms. The predicted octanol–water partition coefficient (Wildman–Crippen LogP) is 3.14. The minimum atomic E-state index is 0.191. The fraction of sp³-hybridized carbons (Fsp3) is 0.545. The van der Waals surface area contributed by atoms with Crippen molar-refractivity contribution in [2.45, 2.75) is 26.2 Å². The molecule has 0 spiro atoms. The van der Waals surface area contributed by atoms with Crippen molar-refractivity contribution in [3.8, 4) is 0 Å². The Kier molecular flexibility index (Phi) is 5.49. The van der Waals surface area contributed by atoms with Crippen LogP contribution in [0.1, 0.15) is 35.9 Å². The average molecular weight is 212 g/mol. The van der Waals surface area contributed by atoms with Crippen molar-refractivity contribution in [3.63, 3.8) is 0 Å². The molecule has 78 valence electrons. The van der Waals surface area contributed by atoms with E-state index in [9.17, 15) is 4.79 Å². The summed E-state index contributed by atoms with van der Waals surface area (Å²) in [6.45, 7) is 3.45. The molecule has 0 saturated heterocycles. The number of hydrogen-bond acceptors (Lipinski definition) is 3. The second-order valence-electron chi connectivity index (χ2n) is 3.12. The fourth-order valence-corrected chi connectivity index (χ4v) is 1.77. The quantitative estimate of drug-likeness (QED) is 0.512. The molecular formula is C11H16O2S. The zero-order valence-corrected chi connectivity index (χ0v) is 9.31. The SMILES string of the molecule is CCCCOCCC(=O)c1cccs1. The fourth-order valence-electron chi connectivity index (χ4n) is 1.07. The molecule has 3 heteroatoms. The molecule has 0 amide bonds. The van der Waals surface area contributed by atoms with Gasteiger partial charge in [0.2, 0.25) is 0 Å². The van der Waals surface area contributed by atoms with Crippen molar-refractivity contribution < 1.29 is 9.53 Å². The van der Waals surface area contributed by atoms with Gasteiger partial charge in [-0.1, -0.05) is 19.4 Å². The highest BCUT2D eigenvalue weighted by atomic mass is 32.1. The monoisotopic (exact) mass is 212 g/mol. The van der Waals surface area contributed by atoms with E-state index < -0.39 is 0 Å². The van der Waals surface area contributed by atoms with Crippen molar-refractivity contribution in [2.24, 2.45) is 0 Å². The average Bonchev–Trinajstić information content (AvgIpc) is 2.70. The van der Waals surface area contributed by atoms with Gasteiger partial charge in [-0.25, -0.2) is 0 Å². The van der Waals surface area contributed by atoms with E-state index in [2.05, 4.69) is 6.92 Å². The van der Waals surface area contributed by atoms with Gasteiger partial charge in [0.1, 0.15) is 0 Å². The van der Waals surface area contributed by atoms with Gasteiger partial charge in [-0.05, 0) is 17.9 Å². The van der Waals surface area contributed by atoms with Gasteiger partial charge in [-0.3, -0.25) is 4.79 Å². The number of carbonyl (C=O) groups is 1. The summed E-state index contributed by atoms with van der Waals surface area (Å²) in [4.78, 5) is 12.3. The Morgan fingerprint density at radius 2 is 2.36 bits per heavy atom. The minimum absolute atomic E-state index is 0.191. The van der Waals surface area contributed by atoms with Gasteiger partial charge in [-0.2, -0.15) is 0 Å². The smallest absolute Gasteiger partial charge is 0.175 e. The third kappa shape index (κ3) is 4.03. The van der Waals surface area contributed by atoms with E-state index in [4.69, 9.17) is 4.74 Å². The Morgan fingerprint density at radius 1 is 1.50 bits per heavy atom. The number of carbonyl (C=O) groups excluding carboxylic acids is 1. The van der Waals surface area contributed by atoms with Crippen molar-refractivity contribution in [1.82, 2.24) is 0 Å². The van der Waals surface area contributed by atoms with Crippen LogP contribution in [0.15, 0.2) is 17.5 Å². The highest BCUT2D eigenvalue weighted by Crippen LogP contribution is 2.10. The van der Waals surface area contributed by atoms with E-state index in [1.54, 1.807) is 0 Å². The highest BCUT2D eigenvalue weighted by Gasteiger charge is 2.05. The van der Waals surface area contributed by atoms with Gasteiger partial charge in [0.15, 0.2) is 5.78 Å². The maximum Gasteiger partial charge on any atom is 0.175 e.